The van der Waals surface area contributed by atoms with Crippen LogP contribution in [-0.2, 0) is 7.05 Å². The Kier molecular flexibility index (Phi) is 4.07. The van der Waals surface area contributed by atoms with Gasteiger partial charge in [-0.1, -0.05) is 23.2 Å². The molecule has 0 saturated heterocycles. The number of aryl methyl sites for hydroxylation is 1. The Balaban J connectivity index is 2.07. The number of fused-ring (bicyclic) bond motifs is 1. The number of aromatic nitrogens is 3. The largest absolute Gasteiger partial charge is 0.275 e. The van der Waals surface area contributed by atoms with Gasteiger partial charge in [0, 0.05) is 41.0 Å². The molecule has 0 aliphatic carbocycles. The maximum Gasteiger partial charge on any atom is 0.275 e. The molecule has 7 heteroatoms. The average molecular weight is 388 g/mol. The first-order chi connectivity index (χ1) is 12.1. The van der Waals surface area contributed by atoms with E-state index in [9.17, 15) is 4.79 Å². The second-order valence-electron chi connectivity index (χ2n) is 5.49. The van der Waals surface area contributed by atoms with E-state index in [1.54, 1.807) is 31.6 Å². The van der Waals surface area contributed by atoms with Crippen LogP contribution in [0, 0.1) is 0 Å². The normalized spacial score (nSPS) is 11.2. The fraction of sp³-hybridized carbons (Fsp3) is 0.0556. The molecule has 0 bridgehead atoms. The van der Waals surface area contributed by atoms with E-state index in [4.69, 9.17) is 23.2 Å². The molecule has 0 saturated carbocycles. The van der Waals surface area contributed by atoms with Crippen molar-refractivity contribution in [3.8, 4) is 22.4 Å². The van der Waals surface area contributed by atoms with Crippen LogP contribution in [-0.4, -0.2) is 14.8 Å². The first-order valence-corrected chi connectivity index (χ1v) is 9.04. The second kappa shape index (κ2) is 6.26. The highest BCUT2D eigenvalue weighted by Crippen LogP contribution is 2.39. The van der Waals surface area contributed by atoms with Crippen molar-refractivity contribution in [2.45, 2.75) is 0 Å². The van der Waals surface area contributed by atoms with E-state index in [1.165, 1.54) is 16.0 Å². The van der Waals surface area contributed by atoms with Crippen molar-refractivity contribution in [3.05, 3.63) is 68.5 Å². The zero-order valence-corrected chi connectivity index (χ0v) is 15.4. The van der Waals surface area contributed by atoms with Crippen LogP contribution in [0.2, 0.25) is 10.0 Å². The zero-order valence-electron chi connectivity index (χ0n) is 13.0. The number of hydrogen-bond acceptors (Lipinski definition) is 4. The van der Waals surface area contributed by atoms with E-state index < -0.39 is 0 Å². The molecule has 3 aromatic heterocycles. The molecular formula is C18H11Cl2N3OS. The number of rotatable bonds is 2. The molecule has 124 valence electrons. The molecular weight excluding hydrogens is 377 g/mol. The number of hydrogen-bond donors (Lipinski definition) is 0. The third-order valence-corrected chi connectivity index (χ3v) is 5.48. The number of benzene rings is 1. The number of thiophene rings is 1. The third-order valence-electron chi connectivity index (χ3n) is 3.94. The summed E-state index contributed by atoms with van der Waals surface area (Å²) in [5, 5.41) is 8.10. The summed E-state index contributed by atoms with van der Waals surface area (Å²) in [4.78, 5) is 16.8. The zero-order chi connectivity index (χ0) is 17.6. The molecule has 0 spiro atoms. The topological polar surface area (TPSA) is 47.8 Å². The summed E-state index contributed by atoms with van der Waals surface area (Å²) in [6, 6.07) is 9.03. The van der Waals surface area contributed by atoms with Gasteiger partial charge in [-0.05, 0) is 35.9 Å². The summed E-state index contributed by atoms with van der Waals surface area (Å²) in [5.41, 5.74) is 3.09. The van der Waals surface area contributed by atoms with Crippen molar-refractivity contribution in [1.82, 2.24) is 14.8 Å². The molecule has 0 N–H and O–H groups in total. The quantitative estimate of drug-likeness (QED) is 0.484. The van der Waals surface area contributed by atoms with Gasteiger partial charge in [0.05, 0.1) is 15.1 Å². The first-order valence-electron chi connectivity index (χ1n) is 7.40. The Labute approximate surface area is 157 Å². The highest BCUT2D eigenvalue weighted by molar-refractivity contribution is 7.18. The molecule has 25 heavy (non-hydrogen) atoms. The maximum absolute atomic E-state index is 12.7. The molecule has 0 radical (unpaired) electrons. The smallest absolute Gasteiger partial charge is 0.267 e. The first kappa shape index (κ1) is 16.3. The van der Waals surface area contributed by atoms with Gasteiger partial charge in [-0.3, -0.25) is 9.78 Å². The Morgan fingerprint density at radius 2 is 1.84 bits per heavy atom. The summed E-state index contributed by atoms with van der Waals surface area (Å²) in [7, 11) is 1.64. The SMILES string of the molecule is Cn1nc(-c2ccc(Cl)cc2Cl)c2scc(-c3ccncc3)c2c1=O. The van der Waals surface area contributed by atoms with Crippen molar-refractivity contribution in [2.75, 3.05) is 0 Å². The number of halogens is 2. The molecule has 1 aromatic carbocycles. The lowest BCUT2D eigenvalue weighted by atomic mass is 10.1. The Bertz CT molecular complexity index is 1150. The Morgan fingerprint density at radius 1 is 1.08 bits per heavy atom. The molecule has 0 aliphatic heterocycles. The minimum atomic E-state index is -0.142. The van der Waals surface area contributed by atoms with Crippen molar-refractivity contribution in [3.63, 3.8) is 0 Å². The molecule has 0 atom stereocenters. The lowest BCUT2D eigenvalue weighted by molar-refractivity contribution is 0.723. The van der Waals surface area contributed by atoms with E-state index in [-0.39, 0.29) is 5.56 Å². The van der Waals surface area contributed by atoms with Gasteiger partial charge in [-0.15, -0.1) is 11.3 Å². The lowest BCUT2D eigenvalue weighted by Gasteiger charge is -2.08. The van der Waals surface area contributed by atoms with Crippen molar-refractivity contribution in [1.29, 1.82) is 0 Å². The molecule has 0 fully saturated rings. The van der Waals surface area contributed by atoms with Gasteiger partial charge in [0.1, 0.15) is 5.69 Å². The minimum absolute atomic E-state index is 0.142. The predicted molar refractivity (Wildman–Crippen MR) is 104 cm³/mol. The van der Waals surface area contributed by atoms with Gasteiger partial charge in [-0.2, -0.15) is 5.10 Å². The van der Waals surface area contributed by atoms with Gasteiger partial charge in [-0.25, -0.2) is 4.68 Å². The van der Waals surface area contributed by atoms with Gasteiger partial charge >= 0.3 is 0 Å². The van der Waals surface area contributed by atoms with E-state index in [2.05, 4.69) is 10.1 Å². The van der Waals surface area contributed by atoms with Crippen LogP contribution in [0.1, 0.15) is 0 Å². The standard InChI is InChI=1S/C18H11Cl2N3OS/c1-23-18(24)15-13(10-4-6-21-7-5-10)9-25-17(15)16(22-23)12-3-2-11(19)8-14(12)20/h2-9H,1H3. The molecule has 0 amide bonds. The van der Waals surface area contributed by atoms with Gasteiger partial charge < -0.3 is 0 Å². The van der Waals surface area contributed by atoms with Gasteiger partial charge in [0.2, 0.25) is 0 Å². The minimum Gasteiger partial charge on any atom is -0.267 e. The number of pyridine rings is 1. The summed E-state index contributed by atoms with van der Waals surface area (Å²) >= 11 is 13.8. The van der Waals surface area contributed by atoms with Gasteiger partial charge in [0.15, 0.2) is 0 Å². The summed E-state index contributed by atoms with van der Waals surface area (Å²) in [5.74, 6) is 0. The van der Waals surface area contributed by atoms with E-state index >= 15 is 0 Å². The molecule has 4 rings (SSSR count). The molecule has 4 nitrogen and oxygen atoms in total. The van der Waals surface area contributed by atoms with E-state index in [1.807, 2.05) is 23.6 Å². The van der Waals surface area contributed by atoms with Crippen LogP contribution >= 0.6 is 34.5 Å². The van der Waals surface area contributed by atoms with Crippen LogP contribution in [0.25, 0.3) is 32.5 Å². The maximum atomic E-state index is 12.7. The fourth-order valence-corrected chi connectivity index (χ4v) is 4.31. The molecule has 0 aliphatic rings. The summed E-state index contributed by atoms with van der Waals surface area (Å²) < 4.78 is 2.15. The Hall–Kier alpha value is -2.21. The molecule has 4 aromatic rings. The highest BCUT2D eigenvalue weighted by atomic mass is 35.5. The molecule has 0 unspecified atom stereocenters. The average Bonchev–Trinajstić information content (AvgIpc) is 3.05. The van der Waals surface area contributed by atoms with Gasteiger partial charge in [0.25, 0.3) is 5.56 Å². The summed E-state index contributed by atoms with van der Waals surface area (Å²) in [6.07, 6.45) is 3.42. The monoisotopic (exact) mass is 387 g/mol. The Morgan fingerprint density at radius 3 is 2.56 bits per heavy atom. The molecule has 3 heterocycles. The van der Waals surface area contributed by atoms with Crippen LogP contribution in [0.3, 0.4) is 0 Å². The van der Waals surface area contributed by atoms with Crippen LogP contribution in [0.15, 0.2) is 52.9 Å². The summed E-state index contributed by atoms with van der Waals surface area (Å²) in [6.45, 7) is 0. The van der Waals surface area contributed by atoms with Crippen molar-refractivity contribution >= 4 is 44.6 Å². The lowest BCUT2D eigenvalue weighted by Crippen LogP contribution is -2.20. The van der Waals surface area contributed by atoms with Crippen LogP contribution < -0.4 is 5.56 Å². The highest BCUT2D eigenvalue weighted by Gasteiger charge is 2.19. The van der Waals surface area contributed by atoms with E-state index in [0.717, 1.165) is 21.4 Å². The second-order valence-corrected chi connectivity index (χ2v) is 7.21. The van der Waals surface area contributed by atoms with Crippen molar-refractivity contribution < 1.29 is 0 Å². The number of nitrogens with zero attached hydrogens (tertiary/aromatic N) is 3. The third kappa shape index (κ3) is 2.74. The fourth-order valence-electron chi connectivity index (χ4n) is 2.75. The van der Waals surface area contributed by atoms with Crippen LogP contribution in [0.5, 0.6) is 0 Å². The van der Waals surface area contributed by atoms with E-state index in [0.29, 0.717) is 21.1 Å². The predicted octanol–water partition coefficient (Wildman–Crippen LogP) is 5.03. The van der Waals surface area contributed by atoms with Crippen LogP contribution in [0.4, 0.5) is 0 Å². The van der Waals surface area contributed by atoms with Crippen molar-refractivity contribution in [2.24, 2.45) is 7.05 Å².